The van der Waals surface area contributed by atoms with Gasteiger partial charge >= 0.3 is 0 Å². The van der Waals surface area contributed by atoms with Gasteiger partial charge in [-0.25, -0.2) is 0 Å². The van der Waals surface area contributed by atoms with Crippen molar-refractivity contribution in [2.24, 2.45) is 5.92 Å². The average molecular weight is 351 g/mol. The highest BCUT2D eigenvalue weighted by atomic mass is 16.2. The first-order valence-corrected chi connectivity index (χ1v) is 9.91. The maximum Gasteiger partial charge on any atom is 0.261 e. The van der Waals surface area contributed by atoms with E-state index in [1.807, 2.05) is 30.3 Å². The van der Waals surface area contributed by atoms with Crippen LogP contribution in [0, 0.1) is 5.92 Å². The lowest BCUT2D eigenvalue weighted by Gasteiger charge is -2.30. The van der Waals surface area contributed by atoms with Crippen LogP contribution < -0.4 is 0 Å². The molecule has 1 unspecified atom stereocenters. The summed E-state index contributed by atoms with van der Waals surface area (Å²) in [4.78, 5) is 27.7. The van der Waals surface area contributed by atoms with Crippen LogP contribution in [-0.4, -0.2) is 23.3 Å². The number of carbonyl (C=O) groups excluding carboxylic acids is 2. The van der Waals surface area contributed by atoms with Gasteiger partial charge in [0.05, 0.1) is 0 Å². The number of carbonyl (C=O) groups is 2. The lowest BCUT2D eigenvalue weighted by molar-refractivity contribution is 0.0580. The van der Waals surface area contributed by atoms with Crippen molar-refractivity contribution in [1.29, 1.82) is 0 Å². The smallest absolute Gasteiger partial charge is 0.261 e. The number of unbranched alkanes of at least 4 members (excludes halogenated alkanes) is 1. The minimum Gasteiger partial charge on any atom is -0.274 e. The SMILES string of the molecule is CCCCC(CC)CN1C(=O)c2cccc3c(C(C)C)ccc(c23)C1=O. The Morgan fingerprint density at radius 1 is 0.962 bits per heavy atom. The van der Waals surface area contributed by atoms with Crippen LogP contribution in [-0.2, 0) is 0 Å². The molecule has 1 atom stereocenters. The van der Waals surface area contributed by atoms with Crippen LogP contribution in [0.2, 0.25) is 0 Å². The fourth-order valence-corrected chi connectivity index (χ4v) is 4.01. The fourth-order valence-electron chi connectivity index (χ4n) is 4.01. The third-order valence-corrected chi connectivity index (χ3v) is 5.63. The number of imide groups is 1. The highest BCUT2D eigenvalue weighted by Crippen LogP contribution is 2.35. The van der Waals surface area contributed by atoms with Gasteiger partial charge in [0.2, 0.25) is 0 Å². The summed E-state index contributed by atoms with van der Waals surface area (Å²) >= 11 is 0. The molecule has 2 amide bonds. The zero-order valence-electron chi connectivity index (χ0n) is 16.3. The summed E-state index contributed by atoms with van der Waals surface area (Å²) in [6.45, 7) is 9.12. The Morgan fingerprint density at radius 2 is 1.65 bits per heavy atom. The summed E-state index contributed by atoms with van der Waals surface area (Å²) in [5, 5.41) is 1.88. The topological polar surface area (TPSA) is 37.4 Å². The minimum atomic E-state index is -0.135. The molecule has 3 nitrogen and oxygen atoms in total. The van der Waals surface area contributed by atoms with Crippen LogP contribution in [0.15, 0.2) is 30.3 Å². The molecule has 138 valence electrons. The number of benzene rings is 2. The Kier molecular flexibility index (Phi) is 5.45. The van der Waals surface area contributed by atoms with E-state index >= 15 is 0 Å². The summed E-state index contributed by atoms with van der Waals surface area (Å²) in [6, 6.07) is 9.80. The lowest BCUT2D eigenvalue weighted by Crippen LogP contribution is -2.43. The zero-order chi connectivity index (χ0) is 18.8. The van der Waals surface area contributed by atoms with Crippen LogP contribution in [0.5, 0.6) is 0 Å². The summed E-state index contributed by atoms with van der Waals surface area (Å²) in [5.74, 6) is 0.451. The molecule has 1 aliphatic rings. The molecule has 0 saturated carbocycles. The molecule has 0 spiro atoms. The normalized spacial score (nSPS) is 15.2. The van der Waals surface area contributed by atoms with Crippen molar-refractivity contribution in [2.75, 3.05) is 6.54 Å². The molecule has 3 heteroatoms. The molecule has 1 aliphatic heterocycles. The molecule has 3 rings (SSSR count). The van der Waals surface area contributed by atoms with E-state index in [0.29, 0.717) is 29.5 Å². The zero-order valence-corrected chi connectivity index (χ0v) is 16.3. The van der Waals surface area contributed by atoms with Crippen LogP contribution in [0.3, 0.4) is 0 Å². The van der Waals surface area contributed by atoms with Crippen molar-refractivity contribution in [3.8, 4) is 0 Å². The Hall–Kier alpha value is -2.16. The third-order valence-electron chi connectivity index (χ3n) is 5.63. The Balaban J connectivity index is 2.04. The predicted octanol–water partition coefficient (Wildman–Crippen LogP) is 5.78. The molecule has 0 aromatic heterocycles. The van der Waals surface area contributed by atoms with Gasteiger partial charge in [-0.1, -0.05) is 65.2 Å². The van der Waals surface area contributed by atoms with Gasteiger partial charge in [-0.2, -0.15) is 0 Å². The first-order chi connectivity index (χ1) is 12.5. The highest BCUT2D eigenvalue weighted by Gasteiger charge is 2.34. The molecule has 0 N–H and O–H groups in total. The molecule has 1 heterocycles. The molecule has 0 aliphatic carbocycles. The van der Waals surface area contributed by atoms with E-state index in [-0.39, 0.29) is 11.8 Å². The van der Waals surface area contributed by atoms with Crippen molar-refractivity contribution in [2.45, 2.75) is 59.3 Å². The highest BCUT2D eigenvalue weighted by molar-refractivity contribution is 6.25. The van der Waals surface area contributed by atoms with Gasteiger partial charge in [-0.15, -0.1) is 0 Å². The second-order valence-electron chi connectivity index (χ2n) is 7.72. The summed E-state index contributed by atoms with van der Waals surface area (Å²) in [5.41, 5.74) is 2.53. The van der Waals surface area contributed by atoms with Gasteiger partial charge in [-0.3, -0.25) is 14.5 Å². The Bertz CT molecular complexity index is 815. The van der Waals surface area contributed by atoms with Crippen molar-refractivity contribution >= 4 is 22.6 Å². The molecule has 0 bridgehead atoms. The van der Waals surface area contributed by atoms with E-state index in [1.165, 1.54) is 10.5 Å². The van der Waals surface area contributed by atoms with Crippen molar-refractivity contribution < 1.29 is 9.59 Å². The second-order valence-corrected chi connectivity index (χ2v) is 7.72. The lowest BCUT2D eigenvalue weighted by atomic mass is 9.87. The van der Waals surface area contributed by atoms with Gasteiger partial charge in [0, 0.05) is 23.1 Å². The largest absolute Gasteiger partial charge is 0.274 e. The van der Waals surface area contributed by atoms with Crippen LogP contribution in [0.4, 0.5) is 0 Å². The number of nitrogens with zero attached hydrogens (tertiary/aromatic N) is 1. The van der Waals surface area contributed by atoms with E-state index < -0.39 is 0 Å². The summed E-state index contributed by atoms with van der Waals surface area (Å²) in [6.07, 6.45) is 4.32. The monoisotopic (exact) mass is 351 g/mol. The van der Waals surface area contributed by atoms with E-state index in [4.69, 9.17) is 0 Å². The second kappa shape index (κ2) is 7.61. The molecule has 0 saturated heterocycles. The van der Waals surface area contributed by atoms with Crippen molar-refractivity contribution in [3.63, 3.8) is 0 Å². The molecule has 0 fully saturated rings. The quantitative estimate of drug-likeness (QED) is 0.593. The summed E-state index contributed by atoms with van der Waals surface area (Å²) in [7, 11) is 0. The van der Waals surface area contributed by atoms with Gasteiger partial charge in [0.15, 0.2) is 0 Å². The van der Waals surface area contributed by atoms with Gasteiger partial charge in [0.25, 0.3) is 11.8 Å². The standard InChI is InChI=1S/C23H29NO2/c1-5-7-9-16(6-2)14-24-22(25)19-11-8-10-18-17(15(3)4)12-13-20(21(18)19)23(24)26/h8,10-13,15-16H,5-7,9,14H2,1-4H3. The predicted molar refractivity (Wildman–Crippen MR) is 107 cm³/mol. The van der Waals surface area contributed by atoms with Gasteiger partial charge in [0.1, 0.15) is 0 Å². The Morgan fingerprint density at radius 3 is 2.27 bits per heavy atom. The summed E-state index contributed by atoms with van der Waals surface area (Å²) < 4.78 is 0. The first kappa shape index (κ1) is 18.6. The minimum absolute atomic E-state index is 0.135. The van der Waals surface area contributed by atoms with Crippen LogP contribution in [0.25, 0.3) is 10.8 Å². The molecular weight excluding hydrogens is 322 g/mol. The van der Waals surface area contributed by atoms with Crippen LogP contribution in [0.1, 0.15) is 85.6 Å². The number of rotatable bonds is 7. The van der Waals surface area contributed by atoms with E-state index in [1.54, 1.807) is 0 Å². The number of hydrogen-bond acceptors (Lipinski definition) is 2. The number of amides is 2. The third kappa shape index (κ3) is 3.15. The van der Waals surface area contributed by atoms with E-state index in [0.717, 1.165) is 36.5 Å². The van der Waals surface area contributed by atoms with Gasteiger partial charge in [-0.05, 0) is 41.3 Å². The molecular formula is C23H29NO2. The molecule has 0 radical (unpaired) electrons. The number of hydrogen-bond donors (Lipinski definition) is 0. The van der Waals surface area contributed by atoms with E-state index in [2.05, 4.69) is 27.7 Å². The van der Waals surface area contributed by atoms with Crippen molar-refractivity contribution in [3.05, 3.63) is 47.0 Å². The van der Waals surface area contributed by atoms with Gasteiger partial charge < -0.3 is 0 Å². The molecule has 26 heavy (non-hydrogen) atoms. The van der Waals surface area contributed by atoms with Crippen molar-refractivity contribution in [1.82, 2.24) is 4.90 Å². The maximum absolute atomic E-state index is 13.1. The maximum atomic E-state index is 13.1. The Labute approximate surface area is 156 Å². The first-order valence-electron chi connectivity index (χ1n) is 9.91. The fraction of sp³-hybridized carbons (Fsp3) is 0.478. The molecule has 2 aromatic carbocycles. The average Bonchev–Trinajstić information content (AvgIpc) is 2.64. The van der Waals surface area contributed by atoms with Crippen LogP contribution >= 0.6 is 0 Å². The van der Waals surface area contributed by atoms with E-state index in [9.17, 15) is 9.59 Å². The molecule has 2 aromatic rings.